The Labute approximate surface area is 179 Å². The summed E-state index contributed by atoms with van der Waals surface area (Å²) in [5.74, 6) is 0.113. The number of nitrogens with zero attached hydrogens (tertiary/aromatic N) is 1. The maximum absolute atomic E-state index is 12.7. The molecule has 0 radical (unpaired) electrons. The number of nitrogens with one attached hydrogen (secondary N) is 1. The molecule has 3 aliphatic heterocycles. The third kappa shape index (κ3) is 4.77. The van der Waals surface area contributed by atoms with Gasteiger partial charge in [-0.3, -0.25) is 14.4 Å². The molecule has 162 valence electrons. The monoisotopic (exact) mass is 436 g/mol. The van der Waals surface area contributed by atoms with Crippen LogP contribution in [0, 0.1) is 0 Å². The zero-order valence-electron chi connectivity index (χ0n) is 16.7. The smallest absolute Gasteiger partial charge is 0.239 e. The van der Waals surface area contributed by atoms with Gasteiger partial charge >= 0.3 is 0 Å². The van der Waals surface area contributed by atoms with Crippen molar-refractivity contribution in [1.29, 1.82) is 0 Å². The molecule has 1 N–H and O–H groups in total. The van der Waals surface area contributed by atoms with Crippen molar-refractivity contribution in [3.8, 4) is 5.75 Å². The minimum Gasteiger partial charge on any atom is -0.486 e. The predicted octanol–water partition coefficient (Wildman–Crippen LogP) is 1.59. The fourth-order valence-electron chi connectivity index (χ4n) is 4.10. The van der Waals surface area contributed by atoms with Crippen molar-refractivity contribution in [2.75, 3.05) is 39.5 Å². The van der Waals surface area contributed by atoms with Crippen LogP contribution in [0.1, 0.15) is 36.0 Å². The van der Waals surface area contributed by atoms with Crippen molar-refractivity contribution in [2.24, 2.45) is 0 Å². The highest BCUT2D eigenvalue weighted by atomic mass is 35.5. The van der Waals surface area contributed by atoms with E-state index in [0.717, 1.165) is 0 Å². The first-order chi connectivity index (χ1) is 14.4. The second-order valence-corrected chi connectivity index (χ2v) is 8.40. The molecule has 3 heterocycles. The molecule has 30 heavy (non-hydrogen) atoms. The molecule has 2 amide bonds. The van der Waals surface area contributed by atoms with Crippen molar-refractivity contribution < 1.29 is 28.6 Å². The molecule has 4 rings (SSSR count). The SMILES string of the molecule is O=C(CN1CC[C@@]2(CCC1=O)CC(=O)c1cc(Cl)ccc1O2)NC[C@@H]1COCCO1. The lowest BCUT2D eigenvalue weighted by Crippen LogP contribution is -2.45. The second-order valence-electron chi connectivity index (χ2n) is 7.96. The normalized spacial score (nSPS) is 26.7. The number of fused-ring (bicyclic) bond motifs is 1. The van der Waals surface area contributed by atoms with Gasteiger partial charge in [-0.25, -0.2) is 0 Å². The second kappa shape index (κ2) is 8.91. The molecule has 0 unspecified atom stereocenters. The van der Waals surface area contributed by atoms with E-state index in [1.54, 1.807) is 18.2 Å². The van der Waals surface area contributed by atoms with E-state index in [0.29, 0.717) is 62.1 Å². The number of ketones is 1. The summed E-state index contributed by atoms with van der Waals surface area (Å²) in [4.78, 5) is 39.1. The van der Waals surface area contributed by atoms with Crippen LogP contribution in [0.4, 0.5) is 0 Å². The van der Waals surface area contributed by atoms with Crippen LogP contribution in [0.5, 0.6) is 5.75 Å². The van der Waals surface area contributed by atoms with E-state index >= 15 is 0 Å². The van der Waals surface area contributed by atoms with Gasteiger partial charge in [0.2, 0.25) is 11.8 Å². The van der Waals surface area contributed by atoms with Crippen LogP contribution in [-0.4, -0.2) is 73.7 Å². The molecule has 0 aromatic heterocycles. The summed E-state index contributed by atoms with van der Waals surface area (Å²) in [5, 5.41) is 3.29. The first-order valence-electron chi connectivity index (χ1n) is 10.2. The number of hydrogen-bond acceptors (Lipinski definition) is 6. The Kier molecular flexibility index (Phi) is 6.26. The number of benzene rings is 1. The summed E-state index contributed by atoms with van der Waals surface area (Å²) in [6.45, 7) is 2.21. The molecule has 2 atom stereocenters. The van der Waals surface area contributed by atoms with Gasteiger partial charge in [-0.15, -0.1) is 0 Å². The summed E-state index contributed by atoms with van der Waals surface area (Å²) in [7, 11) is 0. The number of likely N-dealkylation sites (tertiary alicyclic amines) is 1. The Balaban J connectivity index is 1.35. The first-order valence-corrected chi connectivity index (χ1v) is 10.6. The van der Waals surface area contributed by atoms with Crippen molar-refractivity contribution in [1.82, 2.24) is 10.2 Å². The number of carbonyl (C=O) groups is 3. The Morgan fingerprint density at radius 3 is 2.93 bits per heavy atom. The van der Waals surface area contributed by atoms with Crippen molar-refractivity contribution in [2.45, 2.75) is 37.4 Å². The maximum atomic E-state index is 12.7. The van der Waals surface area contributed by atoms with E-state index in [9.17, 15) is 14.4 Å². The number of amides is 2. The van der Waals surface area contributed by atoms with Crippen LogP contribution in [0.3, 0.4) is 0 Å². The fourth-order valence-corrected chi connectivity index (χ4v) is 4.28. The number of hydrogen-bond donors (Lipinski definition) is 1. The topological polar surface area (TPSA) is 94.2 Å². The summed E-state index contributed by atoms with van der Waals surface area (Å²) in [5.41, 5.74) is -0.250. The molecule has 0 saturated carbocycles. The van der Waals surface area contributed by atoms with Crippen LogP contribution in [-0.2, 0) is 19.1 Å². The average Bonchev–Trinajstić information content (AvgIpc) is 2.88. The first kappa shape index (κ1) is 21.1. The Bertz CT molecular complexity index is 841. The summed E-state index contributed by atoms with van der Waals surface area (Å²) >= 11 is 6.00. The molecule has 9 heteroatoms. The molecular formula is C21H25ClN2O6. The lowest BCUT2D eigenvalue weighted by Gasteiger charge is -2.37. The summed E-state index contributed by atoms with van der Waals surface area (Å²) in [6.07, 6.45) is 1.18. The molecular weight excluding hydrogens is 412 g/mol. The van der Waals surface area contributed by atoms with Gasteiger partial charge in [-0.2, -0.15) is 0 Å². The third-order valence-corrected chi connectivity index (χ3v) is 6.02. The van der Waals surface area contributed by atoms with Crippen molar-refractivity contribution in [3.05, 3.63) is 28.8 Å². The molecule has 3 aliphatic rings. The molecule has 0 aliphatic carbocycles. The van der Waals surface area contributed by atoms with Gasteiger partial charge in [-0.05, 0) is 24.6 Å². The molecule has 2 saturated heterocycles. The number of halogens is 1. The number of carbonyl (C=O) groups excluding carboxylic acids is 3. The highest BCUT2D eigenvalue weighted by Crippen LogP contribution is 2.40. The summed E-state index contributed by atoms with van der Waals surface area (Å²) in [6, 6.07) is 5.00. The standard InChI is InChI=1S/C21H25ClN2O6/c22-14-1-2-18-16(9-14)17(25)10-21(30-18)4-3-20(27)24(6-5-21)12-19(26)23-11-15-13-28-7-8-29-15/h1-2,9,15H,3-8,10-13H2,(H,23,26)/t15-,21+/m1/s1. The number of rotatable bonds is 4. The molecule has 2 fully saturated rings. The van der Waals surface area contributed by atoms with E-state index < -0.39 is 5.60 Å². The lowest BCUT2D eigenvalue weighted by molar-refractivity contribution is -0.136. The van der Waals surface area contributed by atoms with E-state index in [2.05, 4.69) is 5.32 Å². The molecule has 1 aromatic rings. The molecule has 1 spiro atoms. The van der Waals surface area contributed by atoms with Gasteiger partial charge < -0.3 is 24.4 Å². The van der Waals surface area contributed by atoms with Crippen molar-refractivity contribution in [3.63, 3.8) is 0 Å². The molecule has 0 bridgehead atoms. The van der Waals surface area contributed by atoms with Gasteiger partial charge in [0.15, 0.2) is 5.78 Å². The van der Waals surface area contributed by atoms with Crippen molar-refractivity contribution >= 4 is 29.2 Å². The van der Waals surface area contributed by atoms with Gasteiger partial charge in [0.25, 0.3) is 0 Å². The average molecular weight is 437 g/mol. The van der Waals surface area contributed by atoms with Crippen LogP contribution < -0.4 is 10.1 Å². The minimum atomic E-state index is -0.730. The van der Waals surface area contributed by atoms with Crippen LogP contribution in [0.2, 0.25) is 5.02 Å². The molecule has 1 aromatic carbocycles. The van der Waals surface area contributed by atoms with E-state index in [-0.39, 0.29) is 43.1 Å². The van der Waals surface area contributed by atoms with E-state index in [4.69, 9.17) is 25.8 Å². The lowest BCUT2D eigenvalue weighted by atomic mass is 9.84. The molecule has 8 nitrogen and oxygen atoms in total. The Hall–Kier alpha value is -2.16. The minimum absolute atomic E-state index is 0.0252. The third-order valence-electron chi connectivity index (χ3n) is 5.78. The summed E-state index contributed by atoms with van der Waals surface area (Å²) < 4.78 is 17.0. The quantitative estimate of drug-likeness (QED) is 0.770. The zero-order chi connectivity index (χ0) is 21.1. The van der Waals surface area contributed by atoms with E-state index in [1.165, 1.54) is 4.90 Å². The van der Waals surface area contributed by atoms with E-state index in [1.807, 2.05) is 0 Å². The van der Waals surface area contributed by atoms with Gasteiger partial charge in [0.05, 0.1) is 44.5 Å². The largest absolute Gasteiger partial charge is 0.486 e. The predicted molar refractivity (Wildman–Crippen MR) is 108 cm³/mol. The highest BCUT2D eigenvalue weighted by molar-refractivity contribution is 6.31. The van der Waals surface area contributed by atoms with Crippen LogP contribution in [0.25, 0.3) is 0 Å². The number of ether oxygens (including phenoxy) is 3. The maximum Gasteiger partial charge on any atom is 0.239 e. The Morgan fingerprint density at radius 1 is 1.27 bits per heavy atom. The van der Waals surface area contributed by atoms with Crippen LogP contribution in [0.15, 0.2) is 18.2 Å². The highest BCUT2D eigenvalue weighted by Gasteiger charge is 2.43. The Morgan fingerprint density at radius 2 is 2.13 bits per heavy atom. The van der Waals surface area contributed by atoms with Gasteiger partial charge in [-0.1, -0.05) is 11.6 Å². The fraction of sp³-hybridized carbons (Fsp3) is 0.571. The van der Waals surface area contributed by atoms with Gasteiger partial charge in [0.1, 0.15) is 11.4 Å². The van der Waals surface area contributed by atoms with Gasteiger partial charge in [0, 0.05) is 31.0 Å². The zero-order valence-corrected chi connectivity index (χ0v) is 17.4. The van der Waals surface area contributed by atoms with Crippen LogP contribution >= 0.6 is 11.6 Å². The number of Topliss-reactive ketones (excluding diaryl/α,β-unsaturated/α-hetero) is 1.